The lowest BCUT2D eigenvalue weighted by Crippen LogP contribution is -2.44. The Labute approximate surface area is 170 Å². The maximum atomic E-state index is 12.7. The summed E-state index contributed by atoms with van der Waals surface area (Å²) >= 11 is 0. The molecule has 0 N–H and O–H groups in total. The number of carbonyl (C=O) groups excluding carboxylic acids is 1. The Hall–Kier alpha value is -3.41. The monoisotopic (exact) mass is 375 g/mol. The Bertz CT molecular complexity index is 1250. The van der Waals surface area contributed by atoms with Gasteiger partial charge in [0.1, 0.15) is 0 Å². The van der Waals surface area contributed by atoms with E-state index in [9.17, 15) is 4.79 Å². The van der Waals surface area contributed by atoms with Gasteiger partial charge in [-0.05, 0) is 29.3 Å². The normalized spacial score (nSPS) is 15.1. The number of hydrogen-bond acceptors (Lipinski definition) is 4. The molecule has 0 bridgehead atoms. The van der Waals surface area contributed by atoms with Crippen molar-refractivity contribution in [2.75, 3.05) is 0 Å². The summed E-state index contributed by atoms with van der Waals surface area (Å²) in [4.78, 5) is 22.8. The molecule has 4 radical (unpaired) electrons. The van der Waals surface area contributed by atoms with Gasteiger partial charge in [0.05, 0.1) is 26.9 Å². The Morgan fingerprint density at radius 2 is 1.86 bits per heavy atom. The molecule has 0 saturated heterocycles. The summed E-state index contributed by atoms with van der Waals surface area (Å²) in [5.74, 6) is -0.214. The van der Waals surface area contributed by atoms with Crippen molar-refractivity contribution in [3.63, 3.8) is 0 Å². The van der Waals surface area contributed by atoms with Crippen molar-refractivity contribution in [1.82, 2.24) is 24.6 Å². The zero-order chi connectivity index (χ0) is 20.2. The first-order valence-corrected chi connectivity index (χ1v) is 9.17. The zero-order valence-corrected chi connectivity index (χ0v) is 15.8. The molecule has 29 heavy (non-hydrogen) atoms. The second kappa shape index (κ2) is 6.30. The lowest BCUT2D eigenvalue weighted by Gasteiger charge is -2.33. The molecule has 0 saturated carbocycles. The van der Waals surface area contributed by atoms with E-state index in [0.717, 1.165) is 27.7 Å². The Kier molecular flexibility index (Phi) is 3.84. The van der Waals surface area contributed by atoms with Crippen LogP contribution in [-0.4, -0.2) is 46.2 Å². The summed E-state index contributed by atoms with van der Waals surface area (Å²) in [6.45, 7) is 0.294. The van der Waals surface area contributed by atoms with Crippen molar-refractivity contribution in [1.29, 1.82) is 0 Å². The van der Waals surface area contributed by atoms with E-state index >= 15 is 0 Å². The molecule has 136 valence electrons. The van der Waals surface area contributed by atoms with Gasteiger partial charge in [0.25, 0.3) is 5.91 Å². The van der Waals surface area contributed by atoms with Gasteiger partial charge in [-0.1, -0.05) is 24.3 Å². The van der Waals surface area contributed by atoms with Gasteiger partial charge in [0.2, 0.25) is 0 Å². The number of pyridine rings is 2. The van der Waals surface area contributed by atoms with E-state index in [1.165, 1.54) is 4.90 Å². The fourth-order valence-corrected chi connectivity index (χ4v) is 3.72. The van der Waals surface area contributed by atoms with Crippen LogP contribution in [0.1, 0.15) is 21.6 Å². The number of carbonyl (C=O) groups is 1. The van der Waals surface area contributed by atoms with E-state index in [1.54, 1.807) is 29.2 Å². The Morgan fingerprint density at radius 3 is 2.62 bits per heavy atom. The molecular formula is C21H15B2N5O. The highest BCUT2D eigenvalue weighted by molar-refractivity contribution is 6.42. The molecule has 5 rings (SSSR count). The van der Waals surface area contributed by atoms with Gasteiger partial charge in [-0.25, -0.2) is 4.98 Å². The number of fused-ring (bicyclic) bond motifs is 2. The minimum absolute atomic E-state index is 0.214. The van der Waals surface area contributed by atoms with Crippen LogP contribution in [0.25, 0.3) is 22.2 Å². The quantitative estimate of drug-likeness (QED) is 0.515. The molecule has 1 aliphatic rings. The second-order valence-corrected chi connectivity index (χ2v) is 7.25. The number of amides is 1. The molecule has 4 aromatic rings. The number of nitrogens with zero attached hydrogens (tertiary/aromatic N) is 5. The van der Waals surface area contributed by atoms with Gasteiger partial charge in [0, 0.05) is 48.5 Å². The summed E-state index contributed by atoms with van der Waals surface area (Å²) < 4.78 is 1.75. The van der Waals surface area contributed by atoms with Crippen LogP contribution in [0.3, 0.4) is 0 Å². The highest BCUT2D eigenvalue weighted by Gasteiger charge is 2.42. The van der Waals surface area contributed by atoms with Crippen molar-refractivity contribution >= 4 is 32.6 Å². The van der Waals surface area contributed by atoms with Crippen LogP contribution in [0.15, 0.2) is 61.1 Å². The van der Waals surface area contributed by atoms with Gasteiger partial charge in [-0.2, -0.15) is 5.10 Å². The van der Waals surface area contributed by atoms with E-state index in [0.29, 0.717) is 17.8 Å². The first kappa shape index (κ1) is 17.7. The Balaban J connectivity index is 1.41. The number of aromatic nitrogens is 4. The molecule has 1 amide bonds. The maximum absolute atomic E-state index is 12.7. The summed E-state index contributed by atoms with van der Waals surface area (Å²) in [7, 11) is 14.4. The molecule has 3 aromatic heterocycles. The zero-order valence-electron chi connectivity index (χ0n) is 15.8. The third-order valence-corrected chi connectivity index (χ3v) is 5.21. The molecular weight excluding hydrogens is 360 g/mol. The van der Waals surface area contributed by atoms with E-state index < -0.39 is 5.34 Å². The molecule has 0 fully saturated rings. The lowest BCUT2D eigenvalue weighted by atomic mass is 9.59. The van der Waals surface area contributed by atoms with Crippen molar-refractivity contribution in [2.45, 2.75) is 11.9 Å². The first-order chi connectivity index (χ1) is 13.9. The van der Waals surface area contributed by atoms with Gasteiger partial charge in [0.15, 0.2) is 5.65 Å². The summed E-state index contributed by atoms with van der Waals surface area (Å²) in [5, 5.41) is 3.85. The highest BCUT2D eigenvalue weighted by Crippen LogP contribution is 2.34. The van der Waals surface area contributed by atoms with E-state index in [4.69, 9.17) is 15.7 Å². The third kappa shape index (κ3) is 2.83. The van der Waals surface area contributed by atoms with Crippen LogP contribution < -0.4 is 0 Å². The SMILES string of the molecule is [B]C1([B])c2ncccc2C(=O)N1Cc1ccc(-c2cnc3nn(C)cc3c2)cc1. The fourth-order valence-electron chi connectivity index (χ4n) is 3.72. The molecule has 0 atom stereocenters. The van der Waals surface area contributed by atoms with Gasteiger partial charge in [-0.3, -0.25) is 14.5 Å². The largest absolute Gasteiger partial charge is 0.340 e. The van der Waals surface area contributed by atoms with E-state index in [-0.39, 0.29) is 5.91 Å². The van der Waals surface area contributed by atoms with Crippen molar-refractivity contribution in [3.8, 4) is 11.1 Å². The molecule has 0 unspecified atom stereocenters. The van der Waals surface area contributed by atoms with E-state index in [2.05, 4.69) is 21.1 Å². The molecule has 8 heteroatoms. The minimum atomic E-state index is -1.43. The predicted molar refractivity (Wildman–Crippen MR) is 111 cm³/mol. The van der Waals surface area contributed by atoms with Gasteiger partial charge in [-0.15, -0.1) is 0 Å². The molecule has 1 aliphatic heterocycles. The van der Waals surface area contributed by atoms with Crippen molar-refractivity contribution in [3.05, 3.63) is 77.9 Å². The minimum Gasteiger partial charge on any atom is -0.340 e. The smallest absolute Gasteiger partial charge is 0.255 e. The third-order valence-electron chi connectivity index (χ3n) is 5.21. The number of aryl methyl sites for hydroxylation is 1. The molecule has 0 spiro atoms. The predicted octanol–water partition coefficient (Wildman–Crippen LogP) is 2.13. The standard InChI is InChI=1S/C21H15B2N5O/c1-27-12-16-9-15(10-25-19(16)26-27)14-6-4-13(5-7-14)11-28-20(29)17-3-2-8-24-18(17)21(28,22)23/h2-10,12H,11H2,1H3. The number of rotatable bonds is 3. The van der Waals surface area contributed by atoms with Crippen LogP contribution in [0.5, 0.6) is 0 Å². The summed E-state index contributed by atoms with van der Waals surface area (Å²) in [6.07, 6.45) is 5.33. The van der Waals surface area contributed by atoms with Crippen LogP contribution in [0.2, 0.25) is 0 Å². The molecule has 6 nitrogen and oxygen atoms in total. The molecule has 0 aliphatic carbocycles. The number of hydrogen-bond donors (Lipinski definition) is 0. The van der Waals surface area contributed by atoms with Crippen molar-refractivity contribution < 1.29 is 4.79 Å². The van der Waals surface area contributed by atoms with Crippen LogP contribution >= 0.6 is 0 Å². The highest BCUT2D eigenvalue weighted by atomic mass is 16.2. The second-order valence-electron chi connectivity index (χ2n) is 7.25. The van der Waals surface area contributed by atoms with Crippen LogP contribution in [0.4, 0.5) is 0 Å². The molecule has 1 aromatic carbocycles. The van der Waals surface area contributed by atoms with Crippen LogP contribution in [-0.2, 0) is 18.9 Å². The summed E-state index contributed by atoms with van der Waals surface area (Å²) in [5.41, 5.74) is 4.51. The average molecular weight is 375 g/mol. The van der Waals surface area contributed by atoms with Gasteiger partial charge >= 0.3 is 0 Å². The number of benzene rings is 1. The van der Waals surface area contributed by atoms with E-state index in [1.807, 2.05) is 37.5 Å². The first-order valence-electron chi connectivity index (χ1n) is 9.17. The average Bonchev–Trinajstić information content (AvgIpc) is 3.18. The molecule has 4 heterocycles. The topological polar surface area (TPSA) is 63.9 Å². The van der Waals surface area contributed by atoms with Crippen molar-refractivity contribution in [2.24, 2.45) is 7.05 Å². The van der Waals surface area contributed by atoms with Gasteiger partial charge < -0.3 is 4.90 Å². The maximum Gasteiger partial charge on any atom is 0.255 e. The summed E-state index contributed by atoms with van der Waals surface area (Å²) in [6, 6.07) is 13.4. The Morgan fingerprint density at radius 1 is 1.07 bits per heavy atom. The lowest BCUT2D eigenvalue weighted by molar-refractivity contribution is 0.0731. The fraction of sp³-hybridized carbons (Fsp3) is 0.143. The van der Waals surface area contributed by atoms with Crippen LogP contribution in [0, 0.1) is 0 Å².